The summed E-state index contributed by atoms with van der Waals surface area (Å²) < 4.78 is 117. The molecule has 0 spiro atoms. The van der Waals surface area contributed by atoms with Crippen molar-refractivity contribution in [3.05, 3.63) is 50.9 Å². The summed E-state index contributed by atoms with van der Waals surface area (Å²) >= 11 is 2.17. The Hall–Kier alpha value is -1.93. The van der Waals surface area contributed by atoms with Crippen LogP contribution in [0.4, 0.5) is 39.5 Å². The van der Waals surface area contributed by atoms with Crippen LogP contribution in [0.2, 0.25) is 0 Å². The van der Waals surface area contributed by atoms with E-state index in [1.807, 2.05) is 0 Å². The zero-order valence-electron chi connectivity index (χ0n) is 12.8. The predicted molar refractivity (Wildman–Crippen MR) is 84.4 cm³/mol. The van der Waals surface area contributed by atoms with Crippen molar-refractivity contribution in [1.29, 1.82) is 0 Å². The summed E-state index contributed by atoms with van der Waals surface area (Å²) in [6.45, 7) is 0. The Morgan fingerprint density at radius 1 is 0.815 bits per heavy atom. The lowest BCUT2D eigenvalue weighted by molar-refractivity contribution is -0.388. The molecule has 0 bridgehead atoms. The molecule has 0 saturated carbocycles. The molecule has 0 fully saturated rings. The van der Waals surface area contributed by atoms with E-state index in [9.17, 15) is 39.5 Å². The smallest absolute Gasteiger partial charge is 0.195 e. The van der Waals surface area contributed by atoms with Crippen molar-refractivity contribution in [2.24, 2.45) is 0 Å². The number of hydrogen-bond donors (Lipinski definition) is 0. The van der Waals surface area contributed by atoms with Gasteiger partial charge in [0.25, 0.3) is 0 Å². The Morgan fingerprint density at radius 2 is 1.41 bits per heavy atom. The predicted octanol–water partition coefficient (Wildman–Crippen LogP) is 6.71. The average molecular weight is 434 g/mol. The lowest BCUT2D eigenvalue weighted by Crippen LogP contribution is -2.60. The molecule has 0 unspecified atom stereocenters. The van der Waals surface area contributed by atoms with Crippen LogP contribution in [-0.4, -0.2) is 23.9 Å². The van der Waals surface area contributed by atoms with Gasteiger partial charge in [-0.25, -0.2) is 0 Å². The molecule has 0 saturated heterocycles. The van der Waals surface area contributed by atoms with Crippen LogP contribution in [0.5, 0.6) is 0 Å². The molecule has 11 heteroatoms. The fourth-order valence-electron chi connectivity index (χ4n) is 1.74. The number of alkyl halides is 9. The number of hydrogen-bond acceptors (Lipinski definition) is 2. The van der Waals surface area contributed by atoms with E-state index in [0.29, 0.717) is 5.56 Å². The minimum atomic E-state index is -6.94. The molecular weight excluding hydrogens is 427 g/mol. The Balaban J connectivity index is 2.54. The molecule has 27 heavy (non-hydrogen) atoms. The maximum Gasteiger partial charge on any atom is 0.460 e. The molecule has 0 radical (unpaired) electrons. The molecule has 2 aromatic rings. The quantitative estimate of drug-likeness (QED) is 0.371. The monoisotopic (exact) mass is 434 g/mol. The van der Waals surface area contributed by atoms with E-state index in [0.717, 1.165) is 11.3 Å². The third-order valence-corrected chi connectivity index (χ3v) is 4.56. The van der Waals surface area contributed by atoms with Crippen LogP contribution in [0.1, 0.15) is 11.1 Å². The summed E-state index contributed by atoms with van der Waals surface area (Å²) in [6, 6.07) is 2.67. The Kier molecular flexibility index (Phi) is 5.73. The molecule has 0 aliphatic heterocycles. The van der Waals surface area contributed by atoms with E-state index in [1.54, 1.807) is 5.38 Å². The second-order valence-corrected chi connectivity index (χ2v) is 6.66. The zero-order valence-corrected chi connectivity index (χ0v) is 14.4. The van der Waals surface area contributed by atoms with Gasteiger partial charge in [0.05, 0.1) is 0 Å². The van der Waals surface area contributed by atoms with Crippen LogP contribution in [0.3, 0.4) is 0 Å². The number of halogens is 9. The van der Waals surface area contributed by atoms with Gasteiger partial charge >= 0.3 is 23.9 Å². The number of rotatable bonds is 4. The highest BCUT2D eigenvalue weighted by Gasteiger charge is 2.81. The van der Waals surface area contributed by atoms with Crippen LogP contribution in [-0.2, 0) is 0 Å². The van der Waals surface area contributed by atoms with Crippen LogP contribution in [0, 0.1) is 11.8 Å². The van der Waals surface area contributed by atoms with Crippen LogP contribution in [0.15, 0.2) is 39.7 Å². The van der Waals surface area contributed by atoms with Gasteiger partial charge in [-0.15, -0.1) is 0 Å². The minimum Gasteiger partial charge on any atom is -0.195 e. The van der Waals surface area contributed by atoms with E-state index in [4.69, 9.17) is 0 Å². The largest absolute Gasteiger partial charge is 0.460 e. The number of allylic oxidation sites excluding steroid dienone is 2. The Morgan fingerprint density at radius 3 is 1.89 bits per heavy atom. The van der Waals surface area contributed by atoms with Crippen molar-refractivity contribution in [3.63, 3.8) is 0 Å². The standard InChI is InChI=1S/C16H7F9S2/c17-13(18,14(19,20)15(21,22)16(23,24)25)7-11(12-4-6-27-9-12)2-1-10-3-5-26-8-10/h3-9H/b11-7+. The second kappa shape index (κ2) is 7.24. The van der Waals surface area contributed by atoms with E-state index >= 15 is 0 Å². The molecule has 0 aromatic carbocycles. The average Bonchev–Trinajstić information content (AvgIpc) is 3.23. The van der Waals surface area contributed by atoms with Crippen molar-refractivity contribution in [1.82, 2.24) is 0 Å². The molecule has 2 aromatic heterocycles. The van der Waals surface area contributed by atoms with Gasteiger partial charge in [-0.2, -0.15) is 62.2 Å². The van der Waals surface area contributed by atoms with Crippen molar-refractivity contribution in [3.8, 4) is 11.8 Å². The highest BCUT2D eigenvalue weighted by Crippen LogP contribution is 2.53. The lowest BCUT2D eigenvalue weighted by Gasteiger charge is -2.32. The fraction of sp³-hybridized carbons (Fsp3) is 0.250. The topological polar surface area (TPSA) is 0 Å². The molecule has 0 atom stereocenters. The fourth-order valence-corrected chi connectivity index (χ4v) is 2.99. The summed E-state index contributed by atoms with van der Waals surface area (Å²) in [5.74, 6) is -15.0. The first-order valence-electron chi connectivity index (χ1n) is 6.79. The summed E-state index contributed by atoms with van der Waals surface area (Å²) in [5, 5.41) is 5.67. The van der Waals surface area contributed by atoms with E-state index < -0.39 is 35.6 Å². The molecule has 0 aliphatic carbocycles. The highest BCUT2D eigenvalue weighted by molar-refractivity contribution is 7.08. The summed E-state index contributed by atoms with van der Waals surface area (Å²) in [7, 11) is 0. The normalized spacial score (nSPS) is 14.0. The zero-order chi connectivity index (χ0) is 20.5. The molecule has 2 heterocycles. The van der Waals surface area contributed by atoms with E-state index in [-0.39, 0.29) is 5.56 Å². The SMILES string of the molecule is FC(F)(F)C(F)(F)C(F)(F)C(F)(F)/C=C(\C#Cc1ccsc1)c1ccsc1. The third kappa shape index (κ3) is 4.16. The first kappa shape index (κ1) is 21.4. The van der Waals surface area contributed by atoms with Gasteiger partial charge in [-0.05, 0) is 28.3 Å². The van der Waals surface area contributed by atoms with Gasteiger partial charge in [0.1, 0.15) is 0 Å². The molecule has 146 valence electrons. The highest BCUT2D eigenvalue weighted by atomic mass is 32.1. The van der Waals surface area contributed by atoms with Crippen molar-refractivity contribution < 1.29 is 39.5 Å². The Bertz CT molecular complexity index is 848. The maximum absolute atomic E-state index is 13.9. The minimum absolute atomic E-state index is 0.117. The first-order chi connectivity index (χ1) is 12.3. The molecule has 2 rings (SSSR count). The van der Waals surface area contributed by atoms with Crippen molar-refractivity contribution in [2.75, 3.05) is 0 Å². The number of thiophene rings is 2. The Labute approximate surface area is 154 Å². The maximum atomic E-state index is 13.9. The van der Waals surface area contributed by atoms with Crippen molar-refractivity contribution >= 4 is 28.2 Å². The van der Waals surface area contributed by atoms with Gasteiger partial charge in [0, 0.05) is 28.2 Å². The first-order valence-corrected chi connectivity index (χ1v) is 8.68. The van der Waals surface area contributed by atoms with Gasteiger partial charge in [-0.3, -0.25) is 0 Å². The van der Waals surface area contributed by atoms with Crippen LogP contribution in [0.25, 0.3) is 5.57 Å². The van der Waals surface area contributed by atoms with Crippen LogP contribution >= 0.6 is 22.7 Å². The van der Waals surface area contributed by atoms with E-state index in [2.05, 4.69) is 11.8 Å². The summed E-state index contributed by atoms with van der Waals surface area (Å²) in [4.78, 5) is 0. The van der Waals surface area contributed by atoms with E-state index in [1.165, 1.54) is 39.6 Å². The second-order valence-electron chi connectivity index (χ2n) is 5.10. The van der Waals surface area contributed by atoms with Gasteiger partial charge in [-0.1, -0.05) is 11.8 Å². The molecule has 0 N–H and O–H groups in total. The molecule has 0 nitrogen and oxygen atoms in total. The molecular formula is C16H7F9S2. The molecule has 0 amide bonds. The van der Waals surface area contributed by atoms with Gasteiger partial charge in [0.2, 0.25) is 0 Å². The van der Waals surface area contributed by atoms with Gasteiger partial charge < -0.3 is 0 Å². The molecule has 0 aliphatic rings. The lowest BCUT2D eigenvalue weighted by atomic mass is 9.99. The summed E-state index contributed by atoms with van der Waals surface area (Å²) in [5.41, 5.74) is -0.588. The van der Waals surface area contributed by atoms with Crippen LogP contribution < -0.4 is 0 Å². The van der Waals surface area contributed by atoms with Gasteiger partial charge in [0.15, 0.2) is 0 Å². The summed E-state index contributed by atoms with van der Waals surface area (Å²) in [6.07, 6.45) is -7.52. The van der Waals surface area contributed by atoms with Crippen molar-refractivity contribution in [2.45, 2.75) is 23.9 Å². The third-order valence-electron chi connectivity index (χ3n) is 3.19.